The number of para-hydroxylation sites is 1. The van der Waals surface area contributed by atoms with Gasteiger partial charge in [-0.3, -0.25) is 0 Å². The van der Waals surface area contributed by atoms with E-state index in [2.05, 4.69) is 102 Å². The Morgan fingerprint density at radius 2 is 1.53 bits per heavy atom. The molecule has 8 rings (SSSR count). The number of fused-ring (bicyclic) bond motifs is 4. The fourth-order valence-electron chi connectivity index (χ4n) is 5.84. The van der Waals surface area contributed by atoms with E-state index < -0.39 is 13.3 Å². The summed E-state index contributed by atoms with van der Waals surface area (Å²) in [7, 11) is 0. The van der Waals surface area contributed by atoms with E-state index in [-0.39, 0.29) is 25.5 Å². The smallest absolute Gasteiger partial charge is 0.0160 e. The van der Waals surface area contributed by atoms with Gasteiger partial charge in [-0.1, -0.05) is 32.9 Å². The molecule has 247 valence electrons. The van der Waals surface area contributed by atoms with Crippen molar-refractivity contribution in [1.82, 2.24) is 19.5 Å². The third-order valence-corrected chi connectivity index (χ3v) is 12.8. The molecule has 49 heavy (non-hydrogen) atoms. The average Bonchev–Trinajstić information content (AvgIpc) is 3.67. The Bertz CT molecular complexity index is 2320. The van der Waals surface area contributed by atoms with E-state index in [1.807, 2.05) is 72.9 Å². The Labute approximate surface area is 304 Å². The minimum absolute atomic E-state index is 0. The maximum absolute atomic E-state index is 6.57. The summed E-state index contributed by atoms with van der Waals surface area (Å²) in [5, 5.41) is 2.22. The zero-order valence-electron chi connectivity index (χ0n) is 28.6. The Morgan fingerprint density at radius 1 is 0.755 bits per heavy atom. The number of benzene rings is 4. The van der Waals surface area contributed by atoms with Gasteiger partial charge < -0.3 is 4.98 Å². The minimum atomic E-state index is -1.99. The molecule has 4 heterocycles. The van der Waals surface area contributed by atoms with Crippen molar-refractivity contribution in [3.63, 3.8) is 0 Å². The number of pyridine rings is 2. The Balaban J connectivity index is 0.000000270. The molecule has 0 aliphatic heterocycles. The summed E-state index contributed by atoms with van der Waals surface area (Å²) in [6, 6.07) is 43.5. The second-order valence-corrected chi connectivity index (χ2v) is 24.7. The number of hydrogen-bond donors (Lipinski definition) is 0. The molecule has 0 bridgehead atoms. The van der Waals surface area contributed by atoms with Gasteiger partial charge in [0.15, 0.2) is 0 Å². The van der Waals surface area contributed by atoms with E-state index in [9.17, 15) is 0 Å². The summed E-state index contributed by atoms with van der Waals surface area (Å²) >= 11 is -1.99. The second kappa shape index (κ2) is 13.9. The van der Waals surface area contributed by atoms with Gasteiger partial charge in [-0.2, -0.15) is 0 Å². The molecule has 0 saturated carbocycles. The minimum Gasteiger partial charge on any atom is -0.305 e. The molecular weight excluding hydrogens is 841 g/mol. The SMILES string of the molecule is CC(C)(C)c1cc2nc(-c3[c-]ccc4c3oc3c[c]([Ge]([CH3])([CH3])[CH3])ccc34)n(-c3ccccc3)c2cn1.[Ir].[c-]1ccccc1-c1ccccn1. The van der Waals surface area contributed by atoms with E-state index in [1.54, 1.807) is 6.20 Å². The summed E-state index contributed by atoms with van der Waals surface area (Å²) < 4.78 is 10.2. The van der Waals surface area contributed by atoms with Crippen LogP contribution in [0, 0.1) is 12.1 Å². The molecule has 7 heteroatoms. The van der Waals surface area contributed by atoms with Crippen LogP contribution in [0.15, 0.2) is 126 Å². The molecule has 4 aromatic carbocycles. The number of furan rings is 1. The Kier molecular flexibility index (Phi) is 9.77. The third kappa shape index (κ3) is 7.05. The van der Waals surface area contributed by atoms with Gasteiger partial charge in [0, 0.05) is 26.3 Å². The van der Waals surface area contributed by atoms with Crippen molar-refractivity contribution in [1.29, 1.82) is 0 Å². The van der Waals surface area contributed by atoms with Gasteiger partial charge in [-0.15, -0.1) is 35.9 Å². The topological polar surface area (TPSA) is 56.7 Å². The van der Waals surface area contributed by atoms with Crippen LogP contribution in [-0.2, 0) is 25.5 Å². The zero-order chi connectivity index (χ0) is 33.5. The third-order valence-electron chi connectivity index (χ3n) is 8.50. The van der Waals surface area contributed by atoms with Crippen LogP contribution in [-0.4, -0.2) is 32.8 Å². The quantitative estimate of drug-likeness (QED) is 0.131. The van der Waals surface area contributed by atoms with Crippen molar-refractivity contribution in [2.45, 2.75) is 43.5 Å². The first-order valence-electron chi connectivity index (χ1n) is 16.3. The van der Waals surface area contributed by atoms with Crippen molar-refractivity contribution in [3.8, 4) is 28.3 Å². The van der Waals surface area contributed by atoms with Crippen LogP contribution in [0.5, 0.6) is 0 Å². The molecule has 0 spiro atoms. The summed E-state index contributed by atoms with van der Waals surface area (Å²) in [6.07, 6.45) is 3.73. The Hall–Kier alpha value is -4.36. The van der Waals surface area contributed by atoms with Crippen LogP contribution in [0.4, 0.5) is 0 Å². The summed E-state index contributed by atoms with van der Waals surface area (Å²) in [6.45, 7) is 6.53. The normalized spacial score (nSPS) is 11.7. The van der Waals surface area contributed by atoms with E-state index in [0.29, 0.717) is 0 Å². The molecule has 5 nitrogen and oxygen atoms in total. The van der Waals surface area contributed by atoms with E-state index in [0.717, 1.165) is 67.0 Å². The van der Waals surface area contributed by atoms with Gasteiger partial charge in [0.1, 0.15) is 0 Å². The first kappa shape index (κ1) is 34.5. The second-order valence-electron chi connectivity index (χ2n) is 14.1. The molecule has 0 amide bonds. The van der Waals surface area contributed by atoms with Crippen LogP contribution in [0.1, 0.15) is 26.5 Å². The van der Waals surface area contributed by atoms with Crippen molar-refractivity contribution in [2.75, 3.05) is 0 Å². The molecular formula is C42H38GeIrN4O-2. The number of nitrogens with zero attached hydrogens (tertiary/aromatic N) is 4. The summed E-state index contributed by atoms with van der Waals surface area (Å²) in [5.41, 5.74) is 8.50. The monoisotopic (exact) mass is 881 g/mol. The number of hydrogen-bond acceptors (Lipinski definition) is 4. The van der Waals surface area contributed by atoms with Crippen LogP contribution >= 0.6 is 0 Å². The van der Waals surface area contributed by atoms with Gasteiger partial charge in [0.25, 0.3) is 0 Å². The number of imidazole rings is 1. The van der Waals surface area contributed by atoms with Crippen LogP contribution in [0.25, 0.3) is 61.3 Å². The molecule has 4 aromatic heterocycles. The molecule has 0 N–H and O–H groups in total. The van der Waals surface area contributed by atoms with Crippen molar-refractivity contribution < 1.29 is 24.5 Å². The maximum atomic E-state index is 6.57. The first-order chi connectivity index (χ1) is 23.1. The maximum Gasteiger partial charge on any atom is 0.0160 e. The van der Waals surface area contributed by atoms with Crippen molar-refractivity contribution in [3.05, 3.63) is 139 Å². The molecule has 0 fully saturated rings. The van der Waals surface area contributed by atoms with E-state index >= 15 is 0 Å². The number of rotatable bonds is 4. The van der Waals surface area contributed by atoms with Crippen LogP contribution in [0.2, 0.25) is 17.3 Å². The van der Waals surface area contributed by atoms with Crippen molar-refractivity contribution >= 4 is 50.6 Å². The molecule has 0 aliphatic rings. The van der Waals surface area contributed by atoms with Gasteiger partial charge in [0.2, 0.25) is 0 Å². The van der Waals surface area contributed by atoms with Crippen molar-refractivity contribution in [2.24, 2.45) is 0 Å². The summed E-state index contributed by atoms with van der Waals surface area (Å²) in [4.78, 5) is 14.2. The number of aromatic nitrogens is 4. The van der Waals surface area contributed by atoms with Gasteiger partial charge in [0.05, 0.1) is 0 Å². The molecule has 1 radical (unpaired) electrons. The molecule has 8 aromatic rings. The van der Waals surface area contributed by atoms with E-state index in [4.69, 9.17) is 14.4 Å². The average molecular weight is 880 g/mol. The molecule has 0 saturated heterocycles. The van der Waals surface area contributed by atoms with Gasteiger partial charge in [-0.05, 0) is 11.8 Å². The standard InChI is InChI=1S/C31H30GeN3O.C11H8N.Ir/c1-31(2,3)28-18-25-26(19-33-28)35(21-11-8-7-9-12-21)30(34-25)24-14-10-13-23-22-16-15-20(32(4,5)6)17-27(22)36-29(23)24;1-2-6-10(7-3-1)11-8-4-5-9-12-11;/h7-13,15-19H,1-6H3;1-6,8-9H;/q2*-1;. The zero-order valence-corrected chi connectivity index (χ0v) is 33.1. The Morgan fingerprint density at radius 3 is 2.22 bits per heavy atom. The van der Waals surface area contributed by atoms with Crippen LogP contribution < -0.4 is 4.40 Å². The fourth-order valence-corrected chi connectivity index (χ4v) is 8.25. The fraction of sp³-hybridized carbons (Fsp3) is 0.167. The first-order valence-corrected chi connectivity index (χ1v) is 23.6. The predicted octanol–water partition coefficient (Wildman–Crippen LogP) is 10.2. The largest absolute Gasteiger partial charge is 0.305 e. The predicted molar refractivity (Wildman–Crippen MR) is 201 cm³/mol. The van der Waals surface area contributed by atoms with Gasteiger partial charge in [-0.25, -0.2) is 0 Å². The molecule has 0 aliphatic carbocycles. The molecule has 0 atom stereocenters. The molecule has 0 unspecified atom stereocenters. The van der Waals surface area contributed by atoms with Crippen LogP contribution in [0.3, 0.4) is 0 Å². The van der Waals surface area contributed by atoms with Gasteiger partial charge >= 0.3 is 194 Å². The summed E-state index contributed by atoms with van der Waals surface area (Å²) in [5.74, 6) is 8.03. The van der Waals surface area contributed by atoms with E-state index in [1.165, 1.54) is 4.40 Å².